The molecule has 1 unspecified atom stereocenters. The van der Waals surface area contributed by atoms with Crippen LogP contribution in [0.3, 0.4) is 0 Å². The summed E-state index contributed by atoms with van der Waals surface area (Å²) in [4.78, 5) is 10.5. The Morgan fingerprint density at radius 1 is 1.37 bits per heavy atom. The molecule has 0 bridgehead atoms. The summed E-state index contributed by atoms with van der Waals surface area (Å²) < 4.78 is 5.52. The van der Waals surface area contributed by atoms with Gasteiger partial charge in [-0.25, -0.2) is 0 Å². The van der Waals surface area contributed by atoms with Gasteiger partial charge in [0.05, 0.1) is 5.92 Å². The lowest BCUT2D eigenvalue weighted by Gasteiger charge is -2.09. The van der Waals surface area contributed by atoms with E-state index in [0.717, 1.165) is 23.7 Å². The predicted molar refractivity (Wildman–Crippen MR) is 71.2 cm³/mol. The van der Waals surface area contributed by atoms with Gasteiger partial charge in [0.2, 0.25) is 5.89 Å². The van der Waals surface area contributed by atoms with Gasteiger partial charge in [0.15, 0.2) is 0 Å². The summed E-state index contributed by atoms with van der Waals surface area (Å²) in [7, 11) is 0. The van der Waals surface area contributed by atoms with E-state index in [2.05, 4.69) is 10.2 Å². The molecule has 1 aromatic heterocycles. The molecule has 6 heteroatoms. The van der Waals surface area contributed by atoms with E-state index < -0.39 is 5.97 Å². The van der Waals surface area contributed by atoms with Crippen LogP contribution in [0.1, 0.15) is 30.7 Å². The molecular formula is C13H14N2O3S. The highest BCUT2D eigenvalue weighted by molar-refractivity contribution is 7.99. The number of carbonyl (C=O) groups is 1. The Morgan fingerprint density at radius 2 is 2.11 bits per heavy atom. The van der Waals surface area contributed by atoms with Gasteiger partial charge in [0, 0.05) is 0 Å². The third-order valence-corrected chi connectivity index (χ3v) is 3.45. The molecule has 2 rings (SSSR count). The van der Waals surface area contributed by atoms with Gasteiger partial charge in [0.1, 0.15) is 5.75 Å². The fraction of sp³-hybridized carbons (Fsp3) is 0.308. The van der Waals surface area contributed by atoms with Crippen LogP contribution >= 0.6 is 11.8 Å². The van der Waals surface area contributed by atoms with Crippen molar-refractivity contribution in [3.05, 3.63) is 41.8 Å². The van der Waals surface area contributed by atoms with Crippen LogP contribution in [0.2, 0.25) is 0 Å². The van der Waals surface area contributed by atoms with Crippen molar-refractivity contribution < 1.29 is 14.3 Å². The summed E-state index contributed by atoms with van der Waals surface area (Å²) in [5.41, 5.74) is 1.11. The van der Waals surface area contributed by atoms with E-state index in [1.807, 2.05) is 37.3 Å². The third-order valence-electron chi connectivity index (χ3n) is 2.65. The first kappa shape index (κ1) is 13.6. The van der Waals surface area contributed by atoms with E-state index in [1.165, 1.54) is 0 Å². The van der Waals surface area contributed by atoms with Crippen molar-refractivity contribution in [1.82, 2.24) is 10.2 Å². The number of benzene rings is 1. The Bertz CT molecular complexity index is 542. The molecule has 2 aromatic rings. The minimum Gasteiger partial charge on any atom is -0.481 e. The number of carboxylic acid groups (broad SMARTS) is 1. The van der Waals surface area contributed by atoms with Crippen LogP contribution in [-0.4, -0.2) is 27.0 Å². The second kappa shape index (κ2) is 6.38. The van der Waals surface area contributed by atoms with Crippen LogP contribution in [0.5, 0.6) is 0 Å². The average molecular weight is 278 g/mol. The Hall–Kier alpha value is -1.82. The number of nitrogens with zero attached hydrogens (tertiary/aromatic N) is 2. The van der Waals surface area contributed by atoms with Crippen molar-refractivity contribution in [2.24, 2.45) is 0 Å². The molecule has 1 atom stereocenters. The van der Waals surface area contributed by atoms with Gasteiger partial charge < -0.3 is 9.52 Å². The molecule has 0 aliphatic carbocycles. The minimum atomic E-state index is -0.903. The van der Waals surface area contributed by atoms with Gasteiger partial charge in [-0.05, 0) is 12.0 Å². The molecule has 0 amide bonds. The summed E-state index contributed by atoms with van der Waals surface area (Å²) in [5, 5.41) is 16.8. The largest absolute Gasteiger partial charge is 0.481 e. The van der Waals surface area contributed by atoms with Crippen molar-refractivity contribution in [2.75, 3.05) is 5.75 Å². The highest BCUT2D eigenvalue weighted by Gasteiger charge is 2.19. The maximum atomic E-state index is 10.5. The van der Waals surface area contributed by atoms with E-state index in [4.69, 9.17) is 9.52 Å². The van der Waals surface area contributed by atoms with Crippen LogP contribution < -0.4 is 0 Å². The zero-order valence-electron chi connectivity index (χ0n) is 10.4. The fourth-order valence-corrected chi connectivity index (χ4v) is 2.27. The summed E-state index contributed by atoms with van der Waals surface area (Å²) in [6.45, 7) is 2.05. The van der Waals surface area contributed by atoms with Crippen molar-refractivity contribution in [1.29, 1.82) is 0 Å². The number of aliphatic carboxylic acids is 1. The van der Waals surface area contributed by atoms with Crippen molar-refractivity contribution in [3.63, 3.8) is 0 Å². The summed E-state index contributed by atoms with van der Waals surface area (Å²) in [6.07, 6.45) is 0.843. The zero-order chi connectivity index (χ0) is 13.7. The molecule has 1 N–H and O–H groups in total. The van der Waals surface area contributed by atoms with Crippen LogP contribution in [0, 0.1) is 0 Å². The number of aromatic nitrogens is 2. The van der Waals surface area contributed by atoms with E-state index in [-0.39, 0.29) is 11.7 Å². The third kappa shape index (κ3) is 3.57. The van der Waals surface area contributed by atoms with Crippen LogP contribution in [-0.2, 0) is 4.79 Å². The van der Waals surface area contributed by atoms with Gasteiger partial charge in [-0.15, -0.1) is 10.2 Å². The lowest BCUT2D eigenvalue weighted by Crippen LogP contribution is -1.99. The van der Waals surface area contributed by atoms with Crippen molar-refractivity contribution >= 4 is 17.7 Å². The molecular weight excluding hydrogens is 264 g/mol. The van der Waals surface area contributed by atoms with Gasteiger partial charge in [-0.1, -0.05) is 49.0 Å². The predicted octanol–water partition coefficient (Wildman–Crippen LogP) is 2.79. The molecule has 0 aliphatic heterocycles. The number of thioether (sulfide) groups is 1. The topological polar surface area (TPSA) is 76.2 Å². The van der Waals surface area contributed by atoms with Gasteiger partial charge in [-0.2, -0.15) is 0 Å². The Kier molecular flexibility index (Phi) is 4.57. The quantitative estimate of drug-likeness (QED) is 0.819. The van der Waals surface area contributed by atoms with Gasteiger partial charge in [0.25, 0.3) is 5.22 Å². The standard InChI is InChI=1S/C13H14N2O3S/c1-2-10(9-6-4-3-5-7-9)12-14-15-13(18-12)19-8-11(16)17/h3-7,10H,2,8H2,1H3,(H,16,17). The molecule has 19 heavy (non-hydrogen) atoms. The highest BCUT2D eigenvalue weighted by Crippen LogP contribution is 2.28. The first-order valence-corrected chi connectivity index (χ1v) is 6.92. The molecule has 1 aromatic carbocycles. The normalized spacial score (nSPS) is 12.3. The Balaban J connectivity index is 2.14. The van der Waals surface area contributed by atoms with E-state index in [9.17, 15) is 4.79 Å². The van der Waals surface area contributed by atoms with E-state index >= 15 is 0 Å². The van der Waals surface area contributed by atoms with Crippen molar-refractivity contribution in [2.45, 2.75) is 24.5 Å². The molecule has 5 nitrogen and oxygen atoms in total. The minimum absolute atomic E-state index is 0.0490. The lowest BCUT2D eigenvalue weighted by molar-refractivity contribution is -0.133. The smallest absolute Gasteiger partial charge is 0.314 e. The van der Waals surface area contributed by atoms with E-state index in [0.29, 0.717) is 11.1 Å². The van der Waals surface area contributed by atoms with Crippen LogP contribution in [0.15, 0.2) is 40.0 Å². The Morgan fingerprint density at radius 3 is 2.74 bits per heavy atom. The summed E-state index contributed by atoms with van der Waals surface area (Å²) >= 11 is 1.03. The monoisotopic (exact) mass is 278 g/mol. The maximum absolute atomic E-state index is 10.5. The molecule has 100 valence electrons. The fourth-order valence-electron chi connectivity index (χ4n) is 1.78. The number of hydrogen-bond acceptors (Lipinski definition) is 5. The average Bonchev–Trinajstić information content (AvgIpc) is 2.87. The summed E-state index contributed by atoms with van der Waals surface area (Å²) in [6, 6.07) is 9.92. The summed E-state index contributed by atoms with van der Waals surface area (Å²) in [5.74, 6) is -0.404. The van der Waals surface area contributed by atoms with Gasteiger partial charge >= 0.3 is 5.97 Å². The molecule has 0 aliphatic rings. The lowest BCUT2D eigenvalue weighted by atomic mass is 9.97. The van der Waals surface area contributed by atoms with Crippen molar-refractivity contribution in [3.8, 4) is 0 Å². The second-order valence-electron chi connectivity index (χ2n) is 3.96. The SMILES string of the molecule is CCC(c1ccccc1)c1nnc(SCC(=O)O)o1. The first-order chi connectivity index (χ1) is 9.20. The van der Waals surface area contributed by atoms with E-state index in [1.54, 1.807) is 0 Å². The number of rotatable bonds is 6. The molecule has 0 saturated carbocycles. The van der Waals surface area contributed by atoms with Crippen LogP contribution in [0.25, 0.3) is 0 Å². The molecule has 0 spiro atoms. The zero-order valence-corrected chi connectivity index (χ0v) is 11.3. The first-order valence-electron chi connectivity index (χ1n) is 5.93. The number of hydrogen-bond donors (Lipinski definition) is 1. The maximum Gasteiger partial charge on any atom is 0.314 e. The van der Waals surface area contributed by atoms with Gasteiger partial charge in [-0.3, -0.25) is 4.79 Å². The highest BCUT2D eigenvalue weighted by atomic mass is 32.2. The molecule has 0 radical (unpaired) electrons. The molecule has 0 fully saturated rings. The van der Waals surface area contributed by atoms with Crippen LogP contribution in [0.4, 0.5) is 0 Å². The number of carboxylic acids is 1. The molecule has 0 saturated heterocycles. The molecule has 1 heterocycles. The Labute approximate surface area is 115 Å². The second-order valence-corrected chi connectivity index (χ2v) is 4.89.